The second-order valence-corrected chi connectivity index (χ2v) is 10.1. The molecule has 0 unspecified atom stereocenters. The van der Waals surface area contributed by atoms with Gasteiger partial charge in [-0.05, 0) is 49.6 Å². The third kappa shape index (κ3) is 5.59. The predicted octanol–water partition coefficient (Wildman–Crippen LogP) is 4.62. The maximum atomic E-state index is 13.0. The van der Waals surface area contributed by atoms with Crippen LogP contribution in [0.1, 0.15) is 41.0 Å². The van der Waals surface area contributed by atoms with Crippen LogP contribution < -0.4 is 0 Å². The van der Waals surface area contributed by atoms with Crippen molar-refractivity contribution in [2.24, 2.45) is 0 Å². The van der Waals surface area contributed by atoms with E-state index in [1.54, 1.807) is 0 Å². The summed E-state index contributed by atoms with van der Waals surface area (Å²) in [5.74, 6) is -0.304. The fraction of sp³-hybridized carbons (Fsp3) is 0.433. The van der Waals surface area contributed by atoms with Crippen molar-refractivity contribution in [3.05, 3.63) is 71.6 Å². The zero-order valence-electron chi connectivity index (χ0n) is 22.2. The number of carbonyl (C=O) groups excluding carboxylic acids is 1. The van der Waals surface area contributed by atoms with E-state index in [4.69, 9.17) is 14.2 Å². The van der Waals surface area contributed by atoms with Crippen molar-refractivity contribution >= 4 is 17.2 Å². The van der Waals surface area contributed by atoms with E-state index in [1.165, 1.54) is 5.56 Å². The number of morpholine rings is 2. The lowest BCUT2D eigenvalue weighted by atomic mass is 10.0. The van der Waals surface area contributed by atoms with Crippen molar-refractivity contribution in [2.75, 3.05) is 52.6 Å². The minimum absolute atomic E-state index is 0.188. The number of hydrogen-bond acceptors (Lipinski definition) is 6. The van der Waals surface area contributed by atoms with Gasteiger partial charge in [0.05, 0.1) is 49.5 Å². The van der Waals surface area contributed by atoms with Crippen LogP contribution in [-0.2, 0) is 20.8 Å². The van der Waals surface area contributed by atoms with Crippen LogP contribution >= 0.6 is 0 Å². The average molecular weight is 504 g/mol. The van der Waals surface area contributed by atoms with Crippen LogP contribution in [0.3, 0.4) is 0 Å². The van der Waals surface area contributed by atoms with Crippen molar-refractivity contribution in [1.82, 2.24) is 14.2 Å². The summed E-state index contributed by atoms with van der Waals surface area (Å²) < 4.78 is 18.8. The molecule has 2 aromatic heterocycles. The molecule has 0 saturated carbocycles. The number of rotatable bonds is 7. The van der Waals surface area contributed by atoms with Gasteiger partial charge >= 0.3 is 5.97 Å². The molecule has 3 aromatic rings. The number of hydrogen-bond donors (Lipinski definition) is 0. The number of fused-ring (bicyclic) bond motifs is 1. The molecule has 5 rings (SSSR count). The van der Waals surface area contributed by atoms with Gasteiger partial charge in [0.15, 0.2) is 0 Å². The summed E-state index contributed by atoms with van der Waals surface area (Å²) in [4.78, 5) is 17.7. The molecule has 2 saturated heterocycles. The number of esters is 1. The van der Waals surface area contributed by atoms with E-state index in [0.717, 1.165) is 79.5 Å². The summed E-state index contributed by atoms with van der Waals surface area (Å²) in [6, 6.07) is 12.9. The zero-order chi connectivity index (χ0) is 25.9. The largest absolute Gasteiger partial charge is 0.459 e. The maximum Gasteiger partial charge on any atom is 0.338 e. The lowest BCUT2D eigenvalue weighted by molar-refractivity contribution is 0.0342. The summed E-state index contributed by atoms with van der Waals surface area (Å²) in [5.41, 5.74) is 7.76. The van der Waals surface area contributed by atoms with Crippen molar-refractivity contribution < 1.29 is 19.0 Å². The Morgan fingerprint density at radius 2 is 1.62 bits per heavy atom. The van der Waals surface area contributed by atoms with Crippen LogP contribution in [0.2, 0.25) is 0 Å². The lowest BCUT2D eigenvalue weighted by Gasteiger charge is -2.31. The Morgan fingerprint density at radius 1 is 0.973 bits per heavy atom. The summed E-state index contributed by atoms with van der Waals surface area (Å²) in [7, 11) is 0. The molecule has 2 fully saturated rings. The molecule has 2 aliphatic heterocycles. The zero-order valence-corrected chi connectivity index (χ0v) is 22.2. The number of aromatic nitrogens is 1. The number of benzene rings is 1. The minimum atomic E-state index is -0.304. The third-order valence-corrected chi connectivity index (χ3v) is 7.17. The van der Waals surface area contributed by atoms with Crippen LogP contribution in [0, 0.1) is 6.92 Å². The molecule has 0 spiro atoms. The van der Waals surface area contributed by atoms with Crippen LogP contribution in [0.5, 0.6) is 0 Å². The number of ether oxygens (including phenoxy) is 3. The van der Waals surface area contributed by atoms with E-state index < -0.39 is 0 Å². The minimum Gasteiger partial charge on any atom is -0.459 e. The van der Waals surface area contributed by atoms with E-state index in [9.17, 15) is 4.79 Å². The highest BCUT2D eigenvalue weighted by Crippen LogP contribution is 2.31. The molecular formula is C30H37N3O4. The Labute approximate surface area is 219 Å². The molecule has 0 aliphatic carbocycles. The van der Waals surface area contributed by atoms with E-state index in [1.807, 2.05) is 26.8 Å². The summed E-state index contributed by atoms with van der Waals surface area (Å²) in [6.45, 7) is 17.6. The normalized spacial score (nSPS) is 16.9. The van der Waals surface area contributed by atoms with Gasteiger partial charge in [0.2, 0.25) is 0 Å². The molecule has 0 N–H and O–H groups in total. The molecule has 4 heterocycles. The quantitative estimate of drug-likeness (QED) is 0.439. The standard InChI is InChI=1S/C30H37N3O4/c1-21(2)37-30(34)28-18-27-17-26(25-7-5-24(6-8-25)19-31-9-13-35-14-10-31)20-33(27)29(22(28)3)23(4)32-11-15-36-16-12-32/h5-8,17-18,20-21H,4,9-16,19H2,1-3H3. The molecule has 37 heavy (non-hydrogen) atoms. The van der Waals surface area contributed by atoms with Gasteiger partial charge in [-0.2, -0.15) is 0 Å². The molecule has 1 aromatic carbocycles. The topological polar surface area (TPSA) is 55.6 Å². The van der Waals surface area contributed by atoms with Gasteiger partial charge in [0, 0.05) is 50.0 Å². The summed E-state index contributed by atoms with van der Waals surface area (Å²) >= 11 is 0. The maximum absolute atomic E-state index is 13.0. The van der Waals surface area contributed by atoms with Gasteiger partial charge in [-0.1, -0.05) is 30.8 Å². The molecule has 0 atom stereocenters. The van der Waals surface area contributed by atoms with Crippen LogP contribution in [0.4, 0.5) is 0 Å². The van der Waals surface area contributed by atoms with Gasteiger partial charge in [-0.25, -0.2) is 4.79 Å². The molecule has 7 nitrogen and oxygen atoms in total. The average Bonchev–Trinajstić information content (AvgIpc) is 3.33. The first kappa shape index (κ1) is 25.5. The van der Waals surface area contributed by atoms with Crippen LogP contribution in [0.15, 0.2) is 49.2 Å². The van der Waals surface area contributed by atoms with Crippen LogP contribution in [0.25, 0.3) is 22.3 Å². The van der Waals surface area contributed by atoms with Crippen molar-refractivity contribution in [3.63, 3.8) is 0 Å². The van der Waals surface area contributed by atoms with Gasteiger partial charge < -0.3 is 23.5 Å². The number of nitrogens with zero attached hydrogens (tertiary/aromatic N) is 3. The van der Waals surface area contributed by atoms with E-state index in [2.05, 4.69) is 57.3 Å². The fourth-order valence-electron chi connectivity index (χ4n) is 5.16. The Kier molecular flexibility index (Phi) is 7.65. The first-order valence-corrected chi connectivity index (χ1v) is 13.2. The van der Waals surface area contributed by atoms with Crippen molar-refractivity contribution in [2.45, 2.75) is 33.4 Å². The highest BCUT2D eigenvalue weighted by atomic mass is 16.5. The van der Waals surface area contributed by atoms with Crippen molar-refractivity contribution in [1.29, 1.82) is 0 Å². The first-order valence-electron chi connectivity index (χ1n) is 13.2. The third-order valence-electron chi connectivity index (χ3n) is 7.17. The Morgan fingerprint density at radius 3 is 2.27 bits per heavy atom. The molecule has 0 radical (unpaired) electrons. The smallest absolute Gasteiger partial charge is 0.338 e. The molecule has 0 amide bonds. The highest BCUT2D eigenvalue weighted by molar-refractivity contribution is 5.94. The second-order valence-electron chi connectivity index (χ2n) is 10.1. The van der Waals surface area contributed by atoms with Gasteiger partial charge in [-0.3, -0.25) is 4.90 Å². The molecule has 7 heteroatoms. The Bertz CT molecular complexity index is 1270. The highest BCUT2D eigenvalue weighted by Gasteiger charge is 2.23. The lowest BCUT2D eigenvalue weighted by Crippen LogP contribution is -2.35. The van der Waals surface area contributed by atoms with E-state index in [0.29, 0.717) is 18.8 Å². The van der Waals surface area contributed by atoms with E-state index >= 15 is 0 Å². The first-order chi connectivity index (χ1) is 17.9. The SMILES string of the molecule is C=C(c1c(C)c(C(=O)OC(C)C)cc2cc(-c3ccc(CN4CCOCC4)cc3)cn12)N1CCOCC1. The Hall–Kier alpha value is -3.13. The van der Waals surface area contributed by atoms with Gasteiger partial charge in [0.1, 0.15) is 0 Å². The Balaban J connectivity index is 1.51. The second kappa shape index (κ2) is 11.1. The molecule has 2 aliphatic rings. The molecule has 0 bridgehead atoms. The summed E-state index contributed by atoms with van der Waals surface area (Å²) in [6.07, 6.45) is 1.96. The fourth-order valence-corrected chi connectivity index (χ4v) is 5.16. The van der Waals surface area contributed by atoms with Crippen molar-refractivity contribution in [3.8, 4) is 11.1 Å². The predicted molar refractivity (Wildman–Crippen MR) is 146 cm³/mol. The number of pyridine rings is 1. The van der Waals surface area contributed by atoms with E-state index in [-0.39, 0.29) is 12.1 Å². The van der Waals surface area contributed by atoms with Gasteiger partial charge in [-0.15, -0.1) is 0 Å². The van der Waals surface area contributed by atoms with Crippen LogP contribution in [-0.4, -0.2) is 78.9 Å². The van der Waals surface area contributed by atoms with Gasteiger partial charge in [0.25, 0.3) is 0 Å². The molecule has 196 valence electrons. The number of carbonyl (C=O) groups is 1. The monoisotopic (exact) mass is 503 g/mol. The summed E-state index contributed by atoms with van der Waals surface area (Å²) in [5, 5.41) is 0. The molecular weight excluding hydrogens is 466 g/mol.